The molecule has 0 radical (unpaired) electrons. The fourth-order valence-corrected chi connectivity index (χ4v) is 1.95. The highest BCUT2D eigenvalue weighted by Gasteiger charge is 2.03. The molecule has 0 saturated heterocycles. The van der Waals surface area contributed by atoms with Gasteiger partial charge in [0.15, 0.2) is 0 Å². The summed E-state index contributed by atoms with van der Waals surface area (Å²) in [6.45, 7) is 4.72. The largest absolute Gasteiger partial charge is 0.498 e. The first kappa shape index (κ1) is 18.0. The Morgan fingerprint density at radius 1 is 1.23 bits per heavy atom. The maximum Gasteiger partial charge on any atom is 0.118 e. The van der Waals surface area contributed by atoms with Gasteiger partial charge >= 0.3 is 0 Å². The van der Waals surface area contributed by atoms with Gasteiger partial charge in [-0.25, -0.2) is 0 Å². The Labute approximate surface area is 132 Å². The van der Waals surface area contributed by atoms with Gasteiger partial charge in [-0.05, 0) is 42.2 Å². The van der Waals surface area contributed by atoms with Gasteiger partial charge in [-0.2, -0.15) is 0 Å². The van der Waals surface area contributed by atoms with E-state index in [2.05, 4.69) is 18.2 Å². The van der Waals surface area contributed by atoms with Gasteiger partial charge in [0.1, 0.15) is 11.5 Å². The van der Waals surface area contributed by atoms with E-state index in [-0.39, 0.29) is 0 Å². The summed E-state index contributed by atoms with van der Waals surface area (Å²) < 4.78 is 22.9. The molecule has 0 atom stereocenters. The van der Waals surface area contributed by atoms with E-state index in [4.69, 9.17) is 9.47 Å². The van der Waals surface area contributed by atoms with Gasteiger partial charge in [-0.15, -0.1) is 0 Å². The van der Waals surface area contributed by atoms with Gasteiger partial charge in [-0.3, -0.25) is 0 Å². The lowest BCUT2D eigenvalue weighted by molar-refractivity contribution is 0.210. The molecule has 0 aliphatic rings. The summed E-state index contributed by atoms with van der Waals surface area (Å²) in [7, 11) is 1.64. The average Bonchev–Trinajstić information content (AvgIpc) is 2.56. The van der Waals surface area contributed by atoms with E-state index in [1.54, 1.807) is 7.11 Å². The first-order valence-corrected chi connectivity index (χ1v) is 7.55. The molecule has 0 aliphatic heterocycles. The van der Waals surface area contributed by atoms with E-state index < -0.39 is 0 Å². The molecule has 3 nitrogen and oxygen atoms in total. The molecule has 0 spiro atoms. The second-order valence-electron chi connectivity index (χ2n) is 4.74. The first-order chi connectivity index (χ1) is 10.7. The maximum atomic E-state index is 12.0. The molecule has 120 valence electrons. The molecule has 0 amide bonds. The molecule has 0 N–H and O–H groups in total. The third kappa shape index (κ3) is 6.12. The van der Waals surface area contributed by atoms with Gasteiger partial charge in [-0.1, -0.05) is 41.8 Å². The standard InChI is InChI=1S/C18H24FNO2/c1-4-6-16(15-7-9-17(21-3)10-8-15)14-18(11-12-20-19)22-13-5-2/h6-10,12,14H,4-5,11,13H2,1-3H3/b16-6+,18-14+,20-12-. The SMILES string of the molecule is CC/C=C(\C=C(/C/C=N\F)OCCC)c1ccc(OC)cc1. The van der Waals surface area contributed by atoms with Crippen molar-refractivity contribution in [2.75, 3.05) is 13.7 Å². The summed E-state index contributed by atoms with van der Waals surface area (Å²) >= 11 is 0. The number of halogens is 1. The monoisotopic (exact) mass is 305 g/mol. The summed E-state index contributed by atoms with van der Waals surface area (Å²) in [5, 5.41) is 2.55. The van der Waals surface area contributed by atoms with Crippen LogP contribution in [0.25, 0.3) is 5.57 Å². The van der Waals surface area contributed by atoms with E-state index in [0.29, 0.717) is 18.8 Å². The van der Waals surface area contributed by atoms with Crippen molar-refractivity contribution in [1.29, 1.82) is 0 Å². The van der Waals surface area contributed by atoms with Gasteiger partial charge in [0.05, 0.1) is 13.7 Å². The van der Waals surface area contributed by atoms with Crippen molar-refractivity contribution >= 4 is 11.8 Å². The minimum atomic E-state index is 0.341. The zero-order valence-corrected chi connectivity index (χ0v) is 13.5. The second kappa shape index (κ2) is 10.6. The predicted molar refractivity (Wildman–Crippen MR) is 89.8 cm³/mol. The molecule has 0 aliphatic carbocycles. The summed E-state index contributed by atoms with van der Waals surface area (Å²) in [4.78, 5) is 0. The molecule has 4 heteroatoms. The zero-order valence-electron chi connectivity index (χ0n) is 13.5. The van der Waals surface area contributed by atoms with Crippen LogP contribution in [0.1, 0.15) is 38.7 Å². The normalized spacial score (nSPS) is 12.7. The van der Waals surface area contributed by atoms with Gasteiger partial charge in [0.2, 0.25) is 0 Å². The fraction of sp³-hybridized carbons (Fsp3) is 0.389. The topological polar surface area (TPSA) is 30.8 Å². The van der Waals surface area contributed by atoms with Crippen LogP contribution in [0.4, 0.5) is 4.48 Å². The summed E-state index contributed by atoms with van der Waals surface area (Å²) in [6, 6.07) is 7.83. The molecule has 0 aromatic heterocycles. The maximum absolute atomic E-state index is 12.0. The molecule has 0 unspecified atom stereocenters. The number of benzene rings is 1. The Hall–Kier alpha value is -2.10. The Kier molecular flexibility index (Phi) is 8.65. The number of allylic oxidation sites excluding steroid dienone is 4. The quantitative estimate of drug-likeness (QED) is 0.359. The highest BCUT2D eigenvalue weighted by Crippen LogP contribution is 2.22. The minimum Gasteiger partial charge on any atom is -0.498 e. The van der Waals surface area contributed by atoms with Crippen LogP contribution in [0.15, 0.2) is 47.4 Å². The summed E-state index contributed by atoms with van der Waals surface area (Å²) in [5.41, 5.74) is 2.11. The Bertz CT molecular complexity index is 518. The molecule has 0 fully saturated rings. The lowest BCUT2D eigenvalue weighted by Crippen LogP contribution is -1.96. The van der Waals surface area contributed by atoms with Crippen LogP contribution in [0.3, 0.4) is 0 Å². The van der Waals surface area contributed by atoms with Crippen LogP contribution in [-0.2, 0) is 4.74 Å². The Morgan fingerprint density at radius 2 is 1.95 bits per heavy atom. The molecule has 0 bridgehead atoms. The lowest BCUT2D eigenvalue weighted by atomic mass is 10.0. The van der Waals surface area contributed by atoms with E-state index in [0.717, 1.165) is 29.7 Å². The minimum absolute atomic E-state index is 0.341. The van der Waals surface area contributed by atoms with Crippen LogP contribution in [-0.4, -0.2) is 19.9 Å². The number of nitrogens with zero attached hydrogens (tertiary/aromatic N) is 1. The number of methoxy groups -OCH3 is 1. The van der Waals surface area contributed by atoms with Crippen molar-refractivity contribution in [2.45, 2.75) is 33.1 Å². The number of hydrogen-bond acceptors (Lipinski definition) is 3. The van der Waals surface area contributed by atoms with Crippen LogP contribution in [0.2, 0.25) is 0 Å². The number of rotatable bonds is 9. The fourth-order valence-electron chi connectivity index (χ4n) is 1.95. The van der Waals surface area contributed by atoms with E-state index >= 15 is 0 Å². The molecular weight excluding hydrogens is 281 g/mol. The zero-order chi connectivity index (χ0) is 16.2. The van der Waals surface area contributed by atoms with E-state index in [1.807, 2.05) is 37.3 Å². The Balaban J connectivity index is 3.03. The van der Waals surface area contributed by atoms with Crippen LogP contribution in [0, 0.1) is 0 Å². The average molecular weight is 305 g/mol. The summed E-state index contributed by atoms with van der Waals surface area (Å²) in [6.07, 6.45) is 7.41. The van der Waals surface area contributed by atoms with Crippen molar-refractivity contribution in [3.8, 4) is 5.75 Å². The van der Waals surface area contributed by atoms with Gasteiger partial charge in [0, 0.05) is 12.6 Å². The molecule has 22 heavy (non-hydrogen) atoms. The molecule has 1 aromatic carbocycles. The lowest BCUT2D eigenvalue weighted by Gasteiger charge is -2.10. The van der Waals surface area contributed by atoms with Crippen LogP contribution in [0.5, 0.6) is 5.75 Å². The summed E-state index contributed by atoms with van der Waals surface area (Å²) in [5.74, 6) is 1.52. The van der Waals surface area contributed by atoms with E-state index in [9.17, 15) is 4.48 Å². The highest BCUT2D eigenvalue weighted by atomic mass is 19.2. The third-order valence-corrected chi connectivity index (χ3v) is 3.02. The first-order valence-electron chi connectivity index (χ1n) is 7.55. The number of hydrogen-bond donors (Lipinski definition) is 0. The van der Waals surface area contributed by atoms with E-state index in [1.165, 1.54) is 6.21 Å². The molecule has 1 rings (SSSR count). The molecule has 0 heterocycles. The molecular formula is C18H24FNO2. The van der Waals surface area contributed by atoms with Gasteiger partial charge < -0.3 is 9.47 Å². The third-order valence-electron chi connectivity index (χ3n) is 3.02. The van der Waals surface area contributed by atoms with Crippen molar-refractivity contribution in [3.05, 3.63) is 47.7 Å². The van der Waals surface area contributed by atoms with Crippen molar-refractivity contribution in [1.82, 2.24) is 0 Å². The van der Waals surface area contributed by atoms with Crippen LogP contribution < -0.4 is 4.74 Å². The smallest absolute Gasteiger partial charge is 0.118 e. The molecule has 0 saturated carbocycles. The number of ether oxygens (including phenoxy) is 2. The van der Waals surface area contributed by atoms with Gasteiger partial charge in [0.25, 0.3) is 0 Å². The Morgan fingerprint density at radius 3 is 2.50 bits per heavy atom. The van der Waals surface area contributed by atoms with Crippen molar-refractivity contribution in [3.63, 3.8) is 0 Å². The van der Waals surface area contributed by atoms with Crippen molar-refractivity contribution in [2.24, 2.45) is 5.21 Å². The molecule has 1 aromatic rings. The van der Waals surface area contributed by atoms with Crippen molar-refractivity contribution < 1.29 is 14.0 Å². The second-order valence-corrected chi connectivity index (χ2v) is 4.74. The predicted octanol–water partition coefficient (Wildman–Crippen LogP) is 5.14. The highest BCUT2D eigenvalue weighted by molar-refractivity contribution is 5.75. The van der Waals surface area contributed by atoms with Crippen LogP contribution >= 0.6 is 0 Å².